The summed E-state index contributed by atoms with van der Waals surface area (Å²) in [5, 5.41) is 7.96. The molecule has 3 heterocycles. The van der Waals surface area contributed by atoms with Crippen LogP contribution in [0.5, 0.6) is 5.75 Å². The molecule has 1 N–H and O–H groups in total. The number of piperazine rings is 1. The van der Waals surface area contributed by atoms with Crippen LogP contribution in [0.3, 0.4) is 0 Å². The minimum Gasteiger partial charge on any atom is -0.497 e. The van der Waals surface area contributed by atoms with Crippen molar-refractivity contribution in [3.63, 3.8) is 0 Å². The number of nitrogens with zero attached hydrogens (tertiary/aromatic N) is 4. The smallest absolute Gasteiger partial charge is 0.274 e. The topological polar surface area (TPSA) is 62.6 Å². The van der Waals surface area contributed by atoms with Crippen LogP contribution in [-0.4, -0.2) is 67.0 Å². The number of hydrogen-bond donors (Lipinski definition) is 1. The van der Waals surface area contributed by atoms with Crippen molar-refractivity contribution in [2.75, 3.05) is 51.3 Å². The molecule has 0 radical (unpaired) electrons. The average molecular weight is 406 g/mol. The Morgan fingerprint density at radius 2 is 2.04 bits per heavy atom. The van der Waals surface area contributed by atoms with Crippen molar-refractivity contribution >= 4 is 24.0 Å². The summed E-state index contributed by atoms with van der Waals surface area (Å²) in [5.74, 6) is 0.886. The molecule has 8 heteroatoms. The number of aromatic nitrogens is 2. The van der Waals surface area contributed by atoms with E-state index in [4.69, 9.17) is 4.74 Å². The number of rotatable bonds is 4. The summed E-state index contributed by atoms with van der Waals surface area (Å²) < 4.78 is 7.26. The van der Waals surface area contributed by atoms with Gasteiger partial charge in [0.05, 0.1) is 13.2 Å². The first-order chi connectivity index (χ1) is 13.2. The number of amides is 1. The molecule has 28 heavy (non-hydrogen) atoms. The van der Waals surface area contributed by atoms with Gasteiger partial charge in [-0.1, -0.05) is 6.07 Å². The highest BCUT2D eigenvalue weighted by molar-refractivity contribution is 5.92. The highest BCUT2D eigenvalue weighted by Crippen LogP contribution is 2.22. The van der Waals surface area contributed by atoms with Gasteiger partial charge in [-0.3, -0.25) is 9.48 Å². The molecular weight excluding hydrogens is 378 g/mol. The summed E-state index contributed by atoms with van der Waals surface area (Å²) in [6.45, 7) is 5.02. The van der Waals surface area contributed by atoms with Gasteiger partial charge in [-0.15, -0.1) is 12.4 Å². The number of piperidine rings is 1. The Hall–Kier alpha value is -2.25. The van der Waals surface area contributed by atoms with Gasteiger partial charge >= 0.3 is 0 Å². The zero-order chi connectivity index (χ0) is 18.6. The Balaban J connectivity index is 0.00000225. The lowest BCUT2D eigenvalue weighted by Crippen LogP contribution is -2.49. The number of ether oxygens (including phenoxy) is 1. The fourth-order valence-corrected chi connectivity index (χ4v) is 3.85. The summed E-state index contributed by atoms with van der Waals surface area (Å²) in [6.07, 6.45) is 4.21. The third kappa shape index (κ3) is 4.42. The lowest BCUT2D eigenvalue weighted by Gasteiger charge is -2.36. The van der Waals surface area contributed by atoms with Crippen LogP contribution in [0.4, 0.5) is 5.69 Å². The van der Waals surface area contributed by atoms with Crippen molar-refractivity contribution in [1.29, 1.82) is 0 Å². The molecule has 2 aliphatic heterocycles. The summed E-state index contributed by atoms with van der Waals surface area (Å²) in [4.78, 5) is 17.0. The average Bonchev–Trinajstić information content (AvgIpc) is 3.24. The molecule has 1 aromatic heterocycles. The molecular formula is C20H28ClN5O2. The standard InChI is InChI=1S/C20H27N5O2.ClH/c1-27-18-6-2-4-16(14-18)23-10-12-24(13-11-23)20(26)19-7-9-25(22-19)17-5-3-8-21-15-17;/h2,4,6-7,9,14,17,21H,3,5,8,10-13,15H2,1H3;1H. The first kappa shape index (κ1) is 20.5. The molecule has 0 bridgehead atoms. The first-order valence-corrected chi connectivity index (χ1v) is 9.69. The number of carbonyl (C=O) groups excluding carboxylic acids is 1. The third-order valence-electron chi connectivity index (χ3n) is 5.46. The van der Waals surface area contributed by atoms with E-state index in [0.717, 1.165) is 50.5 Å². The number of nitrogens with one attached hydrogen (secondary N) is 1. The van der Waals surface area contributed by atoms with Crippen LogP contribution in [0, 0.1) is 0 Å². The molecule has 2 saturated heterocycles. The van der Waals surface area contributed by atoms with Gasteiger partial charge in [-0.05, 0) is 37.6 Å². The molecule has 1 atom stereocenters. The van der Waals surface area contributed by atoms with Gasteiger partial charge in [-0.25, -0.2) is 0 Å². The number of methoxy groups -OCH3 is 1. The van der Waals surface area contributed by atoms with Crippen molar-refractivity contribution in [3.8, 4) is 5.75 Å². The van der Waals surface area contributed by atoms with Crippen molar-refractivity contribution in [1.82, 2.24) is 20.0 Å². The predicted molar refractivity (Wildman–Crippen MR) is 112 cm³/mol. The van der Waals surface area contributed by atoms with Gasteiger partial charge in [-0.2, -0.15) is 5.10 Å². The van der Waals surface area contributed by atoms with E-state index in [1.807, 2.05) is 40.0 Å². The molecule has 2 aromatic rings. The fourth-order valence-electron chi connectivity index (χ4n) is 3.85. The lowest BCUT2D eigenvalue weighted by atomic mass is 10.1. The highest BCUT2D eigenvalue weighted by Gasteiger charge is 2.25. The number of halogens is 1. The van der Waals surface area contributed by atoms with Crippen LogP contribution in [0.25, 0.3) is 0 Å². The van der Waals surface area contributed by atoms with Crippen LogP contribution >= 0.6 is 12.4 Å². The minimum absolute atomic E-state index is 0. The summed E-state index contributed by atoms with van der Waals surface area (Å²) in [7, 11) is 1.68. The van der Waals surface area contributed by atoms with E-state index < -0.39 is 0 Å². The number of anilines is 1. The first-order valence-electron chi connectivity index (χ1n) is 9.69. The highest BCUT2D eigenvalue weighted by atomic mass is 35.5. The zero-order valence-electron chi connectivity index (χ0n) is 16.2. The molecule has 1 aromatic carbocycles. The summed E-state index contributed by atoms with van der Waals surface area (Å²) >= 11 is 0. The van der Waals surface area contributed by atoms with Crippen molar-refractivity contribution in [2.45, 2.75) is 18.9 Å². The maximum atomic E-state index is 12.8. The molecule has 1 amide bonds. The fraction of sp³-hybridized carbons (Fsp3) is 0.500. The normalized spacial score (nSPS) is 19.8. The molecule has 2 aliphatic rings. The molecule has 2 fully saturated rings. The quantitative estimate of drug-likeness (QED) is 0.844. The third-order valence-corrected chi connectivity index (χ3v) is 5.46. The van der Waals surface area contributed by atoms with Crippen molar-refractivity contribution < 1.29 is 9.53 Å². The minimum atomic E-state index is 0. The van der Waals surface area contributed by atoms with E-state index in [9.17, 15) is 4.79 Å². The Labute approximate surface area is 172 Å². The number of hydrogen-bond acceptors (Lipinski definition) is 5. The SMILES string of the molecule is COc1cccc(N2CCN(C(=O)c3ccn(C4CCCNC4)n3)CC2)c1.Cl. The lowest BCUT2D eigenvalue weighted by molar-refractivity contribution is 0.0739. The van der Waals surface area contributed by atoms with Crippen LogP contribution in [0.1, 0.15) is 29.4 Å². The predicted octanol–water partition coefficient (Wildman–Crippen LogP) is 2.20. The second-order valence-electron chi connectivity index (χ2n) is 7.16. The van der Waals surface area contributed by atoms with Crippen LogP contribution in [0.15, 0.2) is 36.5 Å². The van der Waals surface area contributed by atoms with E-state index in [1.165, 1.54) is 0 Å². The summed E-state index contributed by atoms with van der Waals surface area (Å²) in [6, 6.07) is 10.3. The second kappa shape index (κ2) is 9.30. The molecule has 0 saturated carbocycles. The molecule has 1 unspecified atom stereocenters. The summed E-state index contributed by atoms with van der Waals surface area (Å²) in [5.41, 5.74) is 1.69. The van der Waals surface area contributed by atoms with Gasteiger partial charge in [0, 0.05) is 50.7 Å². The maximum absolute atomic E-state index is 12.8. The van der Waals surface area contributed by atoms with Crippen LogP contribution in [-0.2, 0) is 0 Å². The second-order valence-corrected chi connectivity index (χ2v) is 7.16. The van der Waals surface area contributed by atoms with E-state index in [1.54, 1.807) is 7.11 Å². The zero-order valence-corrected chi connectivity index (χ0v) is 17.0. The Morgan fingerprint density at radius 3 is 2.75 bits per heavy atom. The number of carbonyl (C=O) groups is 1. The van der Waals surface area contributed by atoms with Crippen molar-refractivity contribution in [3.05, 3.63) is 42.2 Å². The maximum Gasteiger partial charge on any atom is 0.274 e. The Bertz CT molecular complexity index is 782. The van der Waals surface area contributed by atoms with Crippen LogP contribution in [0.2, 0.25) is 0 Å². The van der Waals surface area contributed by atoms with Gasteiger partial charge in [0.15, 0.2) is 0 Å². The molecule has 0 aliphatic carbocycles. The molecule has 152 valence electrons. The largest absolute Gasteiger partial charge is 0.497 e. The molecule has 7 nitrogen and oxygen atoms in total. The van der Waals surface area contributed by atoms with Gasteiger partial charge in [0.25, 0.3) is 5.91 Å². The number of benzene rings is 1. The van der Waals surface area contributed by atoms with E-state index in [2.05, 4.69) is 21.4 Å². The van der Waals surface area contributed by atoms with Crippen molar-refractivity contribution in [2.24, 2.45) is 0 Å². The van der Waals surface area contributed by atoms with E-state index in [0.29, 0.717) is 24.8 Å². The molecule has 0 spiro atoms. The van der Waals surface area contributed by atoms with Gasteiger partial charge in [0.1, 0.15) is 11.4 Å². The van der Waals surface area contributed by atoms with E-state index in [-0.39, 0.29) is 18.3 Å². The molecule has 4 rings (SSSR count). The van der Waals surface area contributed by atoms with Gasteiger partial charge in [0.2, 0.25) is 0 Å². The Kier molecular flexibility index (Phi) is 6.80. The monoisotopic (exact) mass is 405 g/mol. The Morgan fingerprint density at radius 1 is 1.21 bits per heavy atom. The van der Waals surface area contributed by atoms with E-state index >= 15 is 0 Å². The van der Waals surface area contributed by atoms with Crippen LogP contribution < -0.4 is 15.0 Å². The van der Waals surface area contributed by atoms with Gasteiger partial charge < -0.3 is 19.9 Å².